The highest BCUT2D eigenvalue weighted by Crippen LogP contribution is 2.29. The van der Waals surface area contributed by atoms with E-state index in [1.54, 1.807) is 23.1 Å². The number of carbonyl (C=O) groups excluding carboxylic acids is 3. The molecule has 2 aromatic rings. The fourth-order valence-electron chi connectivity index (χ4n) is 3.49. The number of anilines is 1. The van der Waals surface area contributed by atoms with E-state index in [0.717, 1.165) is 17.7 Å². The van der Waals surface area contributed by atoms with Crippen molar-refractivity contribution in [3.8, 4) is 0 Å². The first kappa shape index (κ1) is 24.2. The molecule has 1 fully saturated rings. The molecule has 2 aromatic carbocycles. The fourth-order valence-corrected chi connectivity index (χ4v) is 3.49. The zero-order valence-corrected chi connectivity index (χ0v) is 18.2. The molecule has 0 bridgehead atoms. The summed E-state index contributed by atoms with van der Waals surface area (Å²) in [6, 6.07) is 9.03. The highest BCUT2D eigenvalue weighted by Gasteiger charge is 2.31. The van der Waals surface area contributed by atoms with Gasteiger partial charge in [0.1, 0.15) is 0 Å². The molecule has 0 saturated carbocycles. The van der Waals surface area contributed by atoms with Crippen LogP contribution < -0.4 is 5.32 Å². The van der Waals surface area contributed by atoms with Crippen molar-refractivity contribution < 1.29 is 32.3 Å². The average Bonchev–Trinajstić information content (AvgIpc) is 2.79. The summed E-state index contributed by atoms with van der Waals surface area (Å²) in [5, 5.41) is 2.79. The first-order chi connectivity index (χ1) is 15.6. The van der Waals surface area contributed by atoms with Crippen molar-refractivity contribution in [1.29, 1.82) is 0 Å². The van der Waals surface area contributed by atoms with E-state index in [1.807, 2.05) is 11.8 Å². The lowest BCUT2D eigenvalue weighted by molar-refractivity contribution is -0.137. The van der Waals surface area contributed by atoms with Crippen molar-refractivity contribution in [1.82, 2.24) is 9.80 Å². The Hall–Kier alpha value is -3.40. The molecule has 1 N–H and O–H groups in total. The summed E-state index contributed by atoms with van der Waals surface area (Å²) in [6.45, 7) is 3.50. The van der Waals surface area contributed by atoms with E-state index in [9.17, 15) is 27.6 Å². The van der Waals surface area contributed by atoms with Crippen LogP contribution in [0, 0.1) is 6.92 Å². The van der Waals surface area contributed by atoms with Crippen LogP contribution >= 0.6 is 0 Å². The lowest BCUT2D eigenvalue weighted by Crippen LogP contribution is -2.50. The second kappa shape index (κ2) is 10.0. The van der Waals surface area contributed by atoms with Gasteiger partial charge in [0, 0.05) is 37.4 Å². The molecule has 3 rings (SSSR count). The SMILES string of the molecule is COC(=O)c1ccc(C)c(NC(=O)CN2CCN(C(=O)c3ccc(C(F)(F)F)cc3)CC2)c1. The van der Waals surface area contributed by atoms with Gasteiger partial charge in [-0.15, -0.1) is 0 Å². The van der Waals surface area contributed by atoms with Crippen LogP contribution in [0.5, 0.6) is 0 Å². The number of rotatable bonds is 5. The largest absolute Gasteiger partial charge is 0.465 e. The van der Waals surface area contributed by atoms with Crippen LogP contribution in [-0.2, 0) is 15.7 Å². The molecule has 0 aliphatic carbocycles. The van der Waals surface area contributed by atoms with Crippen molar-refractivity contribution in [3.63, 3.8) is 0 Å². The van der Waals surface area contributed by atoms with Crippen LogP contribution in [-0.4, -0.2) is 67.4 Å². The molecule has 176 valence electrons. The number of benzene rings is 2. The molecular formula is C23H24F3N3O4. The maximum atomic E-state index is 12.7. The van der Waals surface area contributed by atoms with Crippen molar-refractivity contribution in [2.75, 3.05) is 45.2 Å². The van der Waals surface area contributed by atoms with Gasteiger partial charge in [0.05, 0.1) is 24.8 Å². The van der Waals surface area contributed by atoms with E-state index in [2.05, 4.69) is 5.32 Å². The summed E-state index contributed by atoms with van der Waals surface area (Å²) in [4.78, 5) is 40.2. The van der Waals surface area contributed by atoms with E-state index in [4.69, 9.17) is 4.74 Å². The number of nitrogens with zero attached hydrogens (tertiary/aromatic N) is 2. The second-order valence-corrected chi connectivity index (χ2v) is 7.71. The van der Waals surface area contributed by atoms with Gasteiger partial charge in [-0.25, -0.2) is 4.79 Å². The number of nitrogens with one attached hydrogen (secondary N) is 1. The minimum atomic E-state index is -4.45. The van der Waals surface area contributed by atoms with Gasteiger partial charge in [0.2, 0.25) is 5.91 Å². The number of piperazine rings is 1. The maximum Gasteiger partial charge on any atom is 0.416 e. The van der Waals surface area contributed by atoms with Gasteiger partial charge >= 0.3 is 12.1 Å². The number of aryl methyl sites for hydroxylation is 1. The molecule has 33 heavy (non-hydrogen) atoms. The number of alkyl halides is 3. The quantitative estimate of drug-likeness (QED) is 0.689. The number of halogens is 3. The monoisotopic (exact) mass is 463 g/mol. The number of ether oxygens (including phenoxy) is 1. The third-order valence-electron chi connectivity index (χ3n) is 5.42. The summed E-state index contributed by atoms with van der Waals surface area (Å²) < 4.78 is 42.8. The van der Waals surface area contributed by atoms with Gasteiger partial charge in [-0.05, 0) is 48.9 Å². The zero-order valence-electron chi connectivity index (χ0n) is 18.2. The Bertz CT molecular complexity index is 1030. The fraction of sp³-hybridized carbons (Fsp3) is 0.348. The Balaban J connectivity index is 1.52. The number of amides is 2. The Morgan fingerprint density at radius 2 is 1.58 bits per heavy atom. The van der Waals surface area contributed by atoms with Gasteiger partial charge in [-0.2, -0.15) is 13.2 Å². The van der Waals surface area contributed by atoms with Crippen molar-refractivity contribution in [2.45, 2.75) is 13.1 Å². The lowest BCUT2D eigenvalue weighted by Gasteiger charge is -2.34. The van der Waals surface area contributed by atoms with Crippen LogP contribution in [0.25, 0.3) is 0 Å². The van der Waals surface area contributed by atoms with E-state index >= 15 is 0 Å². The molecule has 7 nitrogen and oxygen atoms in total. The summed E-state index contributed by atoms with van der Waals surface area (Å²) >= 11 is 0. The number of hydrogen-bond acceptors (Lipinski definition) is 5. The molecule has 0 unspecified atom stereocenters. The molecule has 10 heteroatoms. The maximum absolute atomic E-state index is 12.7. The van der Waals surface area contributed by atoms with Crippen molar-refractivity contribution in [3.05, 3.63) is 64.7 Å². The molecular weight excluding hydrogens is 439 g/mol. The van der Waals surface area contributed by atoms with E-state index in [1.165, 1.54) is 19.2 Å². The first-order valence-electron chi connectivity index (χ1n) is 10.3. The number of esters is 1. The minimum absolute atomic E-state index is 0.101. The number of methoxy groups -OCH3 is 1. The number of hydrogen-bond donors (Lipinski definition) is 1. The Labute approximate surface area is 189 Å². The Morgan fingerprint density at radius 3 is 2.15 bits per heavy atom. The average molecular weight is 463 g/mol. The van der Waals surface area contributed by atoms with Crippen molar-refractivity contribution in [2.24, 2.45) is 0 Å². The lowest BCUT2D eigenvalue weighted by atomic mass is 10.1. The summed E-state index contributed by atoms with van der Waals surface area (Å²) in [7, 11) is 1.28. The van der Waals surface area contributed by atoms with Crippen LogP contribution in [0.1, 0.15) is 31.8 Å². The highest BCUT2D eigenvalue weighted by molar-refractivity contribution is 5.96. The molecule has 1 aliphatic heterocycles. The molecule has 1 aliphatic rings. The molecule has 0 radical (unpaired) electrons. The van der Waals surface area contributed by atoms with Gasteiger partial charge in [0.25, 0.3) is 5.91 Å². The van der Waals surface area contributed by atoms with Crippen LogP contribution in [0.15, 0.2) is 42.5 Å². The van der Waals surface area contributed by atoms with Crippen molar-refractivity contribution >= 4 is 23.5 Å². The van der Waals surface area contributed by atoms with Crippen LogP contribution in [0.3, 0.4) is 0 Å². The normalized spacial score (nSPS) is 14.6. The number of carbonyl (C=O) groups is 3. The van der Waals surface area contributed by atoms with Crippen LogP contribution in [0.4, 0.5) is 18.9 Å². The molecule has 0 atom stereocenters. The topological polar surface area (TPSA) is 79.0 Å². The first-order valence-corrected chi connectivity index (χ1v) is 10.3. The minimum Gasteiger partial charge on any atom is -0.465 e. The third kappa shape index (κ3) is 6.10. The second-order valence-electron chi connectivity index (χ2n) is 7.71. The Kier molecular flexibility index (Phi) is 7.37. The van der Waals surface area contributed by atoms with E-state index in [-0.39, 0.29) is 23.9 Å². The van der Waals surface area contributed by atoms with E-state index in [0.29, 0.717) is 37.4 Å². The molecule has 1 heterocycles. The van der Waals surface area contributed by atoms with Gasteiger partial charge < -0.3 is 15.0 Å². The zero-order chi connectivity index (χ0) is 24.2. The van der Waals surface area contributed by atoms with Gasteiger partial charge in [0.15, 0.2) is 0 Å². The van der Waals surface area contributed by atoms with E-state index < -0.39 is 17.7 Å². The Morgan fingerprint density at radius 1 is 0.970 bits per heavy atom. The third-order valence-corrected chi connectivity index (χ3v) is 5.42. The smallest absolute Gasteiger partial charge is 0.416 e. The summed E-state index contributed by atoms with van der Waals surface area (Å²) in [5.41, 5.74) is 1.02. The molecule has 2 amide bonds. The standard InChI is InChI=1S/C23H24F3N3O4/c1-15-3-4-17(22(32)33-2)13-19(15)27-20(30)14-28-9-11-29(12-10-28)21(31)16-5-7-18(8-6-16)23(24,25)26/h3-8,13H,9-12,14H2,1-2H3,(H,27,30). The van der Waals surface area contributed by atoms with Gasteiger partial charge in [-0.3, -0.25) is 14.5 Å². The molecule has 0 aromatic heterocycles. The predicted molar refractivity (Wildman–Crippen MR) is 115 cm³/mol. The summed E-state index contributed by atoms with van der Waals surface area (Å²) in [5.74, 6) is -1.11. The van der Waals surface area contributed by atoms with Crippen LogP contribution in [0.2, 0.25) is 0 Å². The summed E-state index contributed by atoms with van der Waals surface area (Å²) in [6.07, 6.45) is -4.45. The van der Waals surface area contributed by atoms with Gasteiger partial charge in [-0.1, -0.05) is 6.07 Å². The molecule has 1 saturated heterocycles. The highest BCUT2D eigenvalue weighted by atomic mass is 19.4. The molecule has 0 spiro atoms. The predicted octanol–water partition coefficient (Wildman–Crippen LogP) is 3.20.